The van der Waals surface area contributed by atoms with Gasteiger partial charge in [-0.3, -0.25) is 9.59 Å². The maximum atomic E-state index is 14.1. The van der Waals surface area contributed by atoms with Crippen LogP contribution in [0.15, 0.2) is 36.5 Å². The Bertz CT molecular complexity index is 602. The zero-order valence-corrected chi connectivity index (χ0v) is 13.0. The molecule has 0 aliphatic carbocycles. The number of hydrogen-bond acceptors (Lipinski definition) is 4. The van der Waals surface area contributed by atoms with E-state index in [0.29, 0.717) is 12.2 Å². The van der Waals surface area contributed by atoms with Gasteiger partial charge in [-0.1, -0.05) is 24.8 Å². The molecule has 0 aromatic heterocycles. The summed E-state index contributed by atoms with van der Waals surface area (Å²) in [5.41, 5.74) is 0.547. The zero-order valence-electron chi connectivity index (χ0n) is 13.0. The molecule has 5 nitrogen and oxygen atoms in total. The van der Waals surface area contributed by atoms with Gasteiger partial charge in [0.15, 0.2) is 0 Å². The third-order valence-corrected chi connectivity index (χ3v) is 3.72. The molecule has 1 saturated heterocycles. The Morgan fingerprint density at radius 2 is 2.13 bits per heavy atom. The summed E-state index contributed by atoms with van der Waals surface area (Å²) in [7, 11) is 0. The Morgan fingerprint density at radius 1 is 1.39 bits per heavy atom. The van der Waals surface area contributed by atoms with Gasteiger partial charge in [0.1, 0.15) is 18.3 Å². The van der Waals surface area contributed by atoms with Gasteiger partial charge >= 0.3 is 5.97 Å². The Hall–Kier alpha value is -2.21. The largest absolute Gasteiger partial charge is 0.463 e. The standard InChI is InChI=1S/C17H20FNO4/c1-3-22-8-9-23-17(21)16-11(2)19-15(20)10-13(16)12-6-4-5-7-14(12)18/h4-7,13,16H,2-3,8-10H2,1H3,(H,19,20)/t13-,16+/m0/s1. The normalized spacial score (nSPS) is 21.0. The number of halogens is 1. The highest BCUT2D eigenvalue weighted by Crippen LogP contribution is 2.37. The molecular weight excluding hydrogens is 301 g/mol. The fourth-order valence-corrected chi connectivity index (χ4v) is 2.68. The van der Waals surface area contributed by atoms with Crippen molar-refractivity contribution in [2.45, 2.75) is 19.3 Å². The van der Waals surface area contributed by atoms with Crippen molar-refractivity contribution < 1.29 is 23.5 Å². The highest BCUT2D eigenvalue weighted by molar-refractivity contribution is 5.86. The van der Waals surface area contributed by atoms with E-state index in [-0.39, 0.29) is 31.2 Å². The minimum Gasteiger partial charge on any atom is -0.463 e. The van der Waals surface area contributed by atoms with E-state index < -0.39 is 23.6 Å². The highest BCUT2D eigenvalue weighted by Gasteiger charge is 2.40. The van der Waals surface area contributed by atoms with Gasteiger partial charge in [0.05, 0.1) is 6.61 Å². The Kier molecular flexibility index (Phi) is 5.87. The molecule has 0 unspecified atom stereocenters. The molecule has 0 bridgehead atoms. The fraction of sp³-hybridized carbons (Fsp3) is 0.412. The molecule has 1 amide bonds. The quantitative estimate of drug-likeness (QED) is 0.644. The number of rotatable bonds is 6. The SMILES string of the molecule is C=C1NC(=O)C[C@@H](c2ccccc2F)[C@@H]1C(=O)OCCOCC. The van der Waals surface area contributed by atoms with Gasteiger partial charge in [-0.15, -0.1) is 0 Å². The van der Waals surface area contributed by atoms with Crippen molar-refractivity contribution >= 4 is 11.9 Å². The number of hydrogen-bond donors (Lipinski definition) is 1. The topological polar surface area (TPSA) is 64.6 Å². The summed E-state index contributed by atoms with van der Waals surface area (Å²) < 4.78 is 24.4. The molecule has 1 aromatic rings. The van der Waals surface area contributed by atoms with Gasteiger partial charge in [-0.05, 0) is 18.6 Å². The van der Waals surface area contributed by atoms with Gasteiger partial charge in [0.2, 0.25) is 5.91 Å². The summed E-state index contributed by atoms with van der Waals surface area (Å²) in [4.78, 5) is 24.1. The van der Waals surface area contributed by atoms with Gasteiger partial charge in [-0.25, -0.2) is 4.39 Å². The first-order valence-corrected chi connectivity index (χ1v) is 7.52. The van der Waals surface area contributed by atoms with Crippen LogP contribution in [-0.4, -0.2) is 31.7 Å². The lowest BCUT2D eigenvalue weighted by Gasteiger charge is -2.32. The van der Waals surface area contributed by atoms with Crippen LogP contribution in [0.4, 0.5) is 4.39 Å². The van der Waals surface area contributed by atoms with E-state index in [9.17, 15) is 14.0 Å². The summed E-state index contributed by atoms with van der Waals surface area (Å²) >= 11 is 0. The Balaban J connectivity index is 2.19. The zero-order chi connectivity index (χ0) is 16.8. The van der Waals surface area contributed by atoms with Crippen molar-refractivity contribution in [1.82, 2.24) is 5.32 Å². The third-order valence-electron chi connectivity index (χ3n) is 3.72. The van der Waals surface area contributed by atoms with Gasteiger partial charge in [0.25, 0.3) is 0 Å². The minimum absolute atomic E-state index is 0.00514. The second kappa shape index (κ2) is 7.87. The van der Waals surface area contributed by atoms with Crippen LogP contribution in [0.1, 0.15) is 24.8 Å². The molecular formula is C17H20FNO4. The van der Waals surface area contributed by atoms with Gasteiger partial charge < -0.3 is 14.8 Å². The number of carbonyl (C=O) groups excluding carboxylic acids is 2. The predicted molar refractivity (Wildman–Crippen MR) is 82.0 cm³/mol. The number of ether oxygens (including phenoxy) is 2. The lowest BCUT2D eigenvalue weighted by atomic mass is 9.79. The van der Waals surface area contributed by atoms with E-state index in [1.807, 2.05) is 6.92 Å². The molecule has 1 aliphatic rings. The molecule has 0 saturated carbocycles. The van der Waals surface area contributed by atoms with Crippen molar-refractivity contribution in [2.75, 3.05) is 19.8 Å². The molecule has 6 heteroatoms. The molecule has 124 valence electrons. The number of amides is 1. The lowest BCUT2D eigenvalue weighted by Crippen LogP contribution is -2.42. The second-order valence-corrected chi connectivity index (χ2v) is 5.25. The van der Waals surface area contributed by atoms with Crippen molar-refractivity contribution in [2.24, 2.45) is 5.92 Å². The summed E-state index contributed by atoms with van der Waals surface area (Å²) in [5.74, 6) is -2.72. The number of nitrogens with one attached hydrogen (secondary N) is 1. The lowest BCUT2D eigenvalue weighted by molar-refractivity contribution is -0.150. The smallest absolute Gasteiger partial charge is 0.315 e. The Labute approximate surface area is 134 Å². The van der Waals surface area contributed by atoms with Crippen LogP contribution in [-0.2, 0) is 19.1 Å². The third kappa shape index (κ3) is 4.16. The van der Waals surface area contributed by atoms with Crippen molar-refractivity contribution in [3.63, 3.8) is 0 Å². The fourth-order valence-electron chi connectivity index (χ4n) is 2.68. The van der Waals surface area contributed by atoms with E-state index in [0.717, 1.165) is 0 Å². The highest BCUT2D eigenvalue weighted by atomic mass is 19.1. The number of benzene rings is 1. The predicted octanol–water partition coefficient (Wildman–Crippen LogP) is 2.14. The first-order valence-electron chi connectivity index (χ1n) is 7.52. The van der Waals surface area contributed by atoms with Crippen molar-refractivity contribution in [1.29, 1.82) is 0 Å². The Morgan fingerprint density at radius 3 is 2.83 bits per heavy atom. The van der Waals surface area contributed by atoms with Gasteiger partial charge in [-0.2, -0.15) is 0 Å². The average Bonchev–Trinajstić information content (AvgIpc) is 2.51. The molecule has 1 heterocycles. The molecule has 0 radical (unpaired) electrons. The first-order chi connectivity index (χ1) is 11.0. The number of piperidine rings is 1. The molecule has 1 aromatic carbocycles. The minimum atomic E-state index is -0.814. The molecule has 23 heavy (non-hydrogen) atoms. The summed E-state index contributed by atoms with van der Waals surface area (Å²) in [6.45, 7) is 6.50. The van der Waals surface area contributed by atoms with Crippen molar-refractivity contribution in [3.8, 4) is 0 Å². The summed E-state index contributed by atoms with van der Waals surface area (Å²) in [6.07, 6.45) is 0.00514. The van der Waals surface area contributed by atoms with Gasteiger partial charge in [0, 0.05) is 24.6 Å². The molecule has 1 fully saturated rings. The van der Waals surface area contributed by atoms with Crippen LogP contribution < -0.4 is 5.32 Å². The van der Waals surface area contributed by atoms with Crippen LogP contribution in [0.5, 0.6) is 0 Å². The maximum Gasteiger partial charge on any atom is 0.315 e. The van der Waals surface area contributed by atoms with Crippen LogP contribution in [0, 0.1) is 11.7 Å². The molecule has 2 rings (SSSR count). The number of carbonyl (C=O) groups is 2. The molecule has 1 aliphatic heterocycles. The molecule has 1 N–H and O–H groups in total. The van der Waals surface area contributed by atoms with Crippen LogP contribution in [0.25, 0.3) is 0 Å². The van der Waals surface area contributed by atoms with Crippen LogP contribution >= 0.6 is 0 Å². The second-order valence-electron chi connectivity index (χ2n) is 5.25. The van der Waals surface area contributed by atoms with E-state index in [2.05, 4.69) is 11.9 Å². The summed E-state index contributed by atoms with van der Waals surface area (Å²) in [5, 5.41) is 2.54. The van der Waals surface area contributed by atoms with Crippen LogP contribution in [0.3, 0.4) is 0 Å². The average molecular weight is 321 g/mol. The van der Waals surface area contributed by atoms with E-state index in [1.165, 1.54) is 6.07 Å². The summed E-state index contributed by atoms with van der Waals surface area (Å²) in [6, 6.07) is 6.12. The number of esters is 1. The molecule has 0 spiro atoms. The monoisotopic (exact) mass is 321 g/mol. The van der Waals surface area contributed by atoms with Crippen molar-refractivity contribution in [3.05, 3.63) is 47.9 Å². The van der Waals surface area contributed by atoms with E-state index in [4.69, 9.17) is 9.47 Å². The van der Waals surface area contributed by atoms with E-state index in [1.54, 1.807) is 18.2 Å². The van der Waals surface area contributed by atoms with E-state index >= 15 is 0 Å². The first kappa shape index (κ1) is 17.1. The maximum absolute atomic E-state index is 14.1. The van der Waals surface area contributed by atoms with Crippen LogP contribution in [0.2, 0.25) is 0 Å². The molecule has 2 atom stereocenters.